The van der Waals surface area contributed by atoms with E-state index in [2.05, 4.69) is 46.5 Å². The molecular weight excluding hydrogens is 186 g/mol. The summed E-state index contributed by atoms with van der Waals surface area (Å²) in [5, 5.41) is 3.40. The number of aryl methyl sites for hydroxylation is 1. The van der Waals surface area contributed by atoms with E-state index in [1.165, 1.54) is 11.3 Å². The Balaban J connectivity index is 2.04. The second-order valence-electron chi connectivity index (χ2n) is 3.44. The first-order chi connectivity index (χ1) is 7.40. The highest BCUT2D eigenvalue weighted by molar-refractivity contribution is 5.51. The summed E-state index contributed by atoms with van der Waals surface area (Å²) in [6.07, 6.45) is 4.58. The predicted molar refractivity (Wildman–Crippen MR) is 61.7 cm³/mol. The molecule has 0 radical (unpaired) electrons. The lowest BCUT2D eigenvalue weighted by Crippen LogP contribution is -2.01. The van der Waals surface area contributed by atoms with Crippen LogP contribution in [0.15, 0.2) is 36.8 Å². The van der Waals surface area contributed by atoms with Gasteiger partial charge in [0.05, 0.1) is 18.6 Å². The number of rotatable bonds is 4. The van der Waals surface area contributed by atoms with Crippen molar-refractivity contribution in [1.82, 2.24) is 9.97 Å². The topological polar surface area (TPSA) is 40.7 Å². The zero-order valence-corrected chi connectivity index (χ0v) is 8.83. The summed E-state index contributed by atoms with van der Waals surface area (Å²) in [4.78, 5) is 7.05. The molecule has 2 aromatic rings. The van der Waals surface area contributed by atoms with Gasteiger partial charge < -0.3 is 10.3 Å². The van der Waals surface area contributed by atoms with Crippen LogP contribution in [0.25, 0.3) is 0 Å². The number of H-pyrrole nitrogens is 1. The quantitative estimate of drug-likeness (QED) is 0.798. The van der Waals surface area contributed by atoms with Crippen LogP contribution in [0.4, 0.5) is 5.69 Å². The van der Waals surface area contributed by atoms with E-state index in [-0.39, 0.29) is 0 Å². The maximum absolute atomic E-state index is 3.98. The molecule has 0 spiro atoms. The van der Waals surface area contributed by atoms with Gasteiger partial charge in [-0.3, -0.25) is 0 Å². The van der Waals surface area contributed by atoms with Gasteiger partial charge in [0.2, 0.25) is 0 Å². The van der Waals surface area contributed by atoms with Crippen molar-refractivity contribution in [2.75, 3.05) is 5.32 Å². The van der Waals surface area contributed by atoms with E-state index >= 15 is 0 Å². The van der Waals surface area contributed by atoms with Gasteiger partial charge in [-0.1, -0.05) is 25.1 Å². The molecule has 2 rings (SSSR count). The van der Waals surface area contributed by atoms with E-state index in [1.807, 2.05) is 6.20 Å². The summed E-state index contributed by atoms with van der Waals surface area (Å²) in [6.45, 7) is 2.95. The maximum Gasteiger partial charge on any atom is 0.0922 e. The number of anilines is 1. The molecule has 0 atom stereocenters. The second-order valence-corrected chi connectivity index (χ2v) is 3.44. The highest BCUT2D eigenvalue weighted by Crippen LogP contribution is 2.15. The smallest absolute Gasteiger partial charge is 0.0922 e. The normalized spacial score (nSPS) is 10.2. The number of benzene rings is 1. The third-order valence-electron chi connectivity index (χ3n) is 2.42. The maximum atomic E-state index is 3.98. The van der Waals surface area contributed by atoms with E-state index < -0.39 is 0 Å². The Morgan fingerprint density at radius 3 is 2.93 bits per heavy atom. The van der Waals surface area contributed by atoms with Crippen molar-refractivity contribution < 1.29 is 0 Å². The first-order valence-electron chi connectivity index (χ1n) is 5.19. The average molecular weight is 201 g/mol. The van der Waals surface area contributed by atoms with Crippen molar-refractivity contribution in [2.24, 2.45) is 0 Å². The number of nitrogens with one attached hydrogen (secondary N) is 2. The molecule has 78 valence electrons. The van der Waals surface area contributed by atoms with Crippen molar-refractivity contribution in [2.45, 2.75) is 19.9 Å². The van der Waals surface area contributed by atoms with Crippen LogP contribution < -0.4 is 5.32 Å². The fourth-order valence-corrected chi connectivity index (χ4v) is 1.57. The molecule has 1 aromatic carbocycles. The number of aromatic nitrogens is 2. The Morgan fingerprint density at radius 2 is 2.20 bits per heavy atom. The molecule has 3 nitrogen and oxygen atoms in total. The van der Waals surface area contributed by atoms with Crippen LogP contribution in [0.1, 0.15) is 18.2 Å². The average Bonchev–Trinajstić information content (AvgIpc) is 2.79. The zero-order chi connectivity index (χ0) is 10.5. The minimum absolute atomic E-state index is 0.789. The van der Waals surface area contributed by atoms with Crippen LogP contribution in [-0.2, 0) is 13.0 Å². The largest absolute Gasteiger partial charge is 0.379 e. The summed E-state index contributed by atoms with van der Waals surface area (Å²) in [6, 6.07) is 8.37. The Morgan fingerprint density at radius 1 is 1.33 bits per heavy atom. The summed E-state index contributed by atoms with van der Waals surface area (Å²) in [5.74, 6) is 0. The molecule has 2 N–H and O–H groups in total. The van der Waals surface area contributed by atoms with Gasteiger partial charge in [0, 0.05) is 11.9 Å². The molecule has 0 aliphatic heterocycles. The molecule has 0 aliphatic rings. The van der Waals surface area contributed by atoms with Crippen LogP contribution in [-0.4, -0.2) is 9.97 Å². The van der Waals surface area contributed by atoms with Crippen molar-refractivity contribution >= 4 is 5.69 Å². The number of imidazole rings is 1. The molecule has 1 aromatic heterocycles. The van der Waals surface area contributed by atoms with Crippen LogP contribution in [0.5, 0.6) is 0 Å². The van der Waals surface area contributed by atoms with Crippen LogP contribution in [0.2, 0.25) is 0 Å². The van der Waals surface area contributed by atoms with Gasteiger partial charge >= 0.3 is 0 Å². The second kappa shape index (κ2) is 4.64. The molecule has 0 unspecified atom stereocenters. The van der Waals surface area contributed by atoms with Crippen molar-refractivity contribution in [1.29, 1.82) is 0 Å². The highest BCUT2D eigenvalue weighted by atomic mass is 14.9. The van der Waals surface area contributed by atoms with Crippen molar-refractivity contribution in [3.8, 4) is 0 Å². The summed E-state index contributed by atoms with van der Waals surface area (Å²) in [7, 11) is 0. The molecule has 0 fully saturated rings. The first-order valence-corrected chi connectivity index (χ1v) is 5.19. The zero-order valence-electron chi connectivity index (χ0n) is 8.83. The fraction of sp³-hybridized carbons (Fsp3) is 0.250. The standard InChI is InChI=1S/C12H15N3/c1-2-10-5-3-4-6-12(10)14-8-11-7-13-9-15-11/h3-7,9,14H,2,8H2,1H3,(H,13,15). The molecule has 0 bridgehead atoms. The molecule has 3 heteroatoms. The van der Waals surface area contributed by atoms with Gasteiger partial charge in [-0.15, -0.1) is 0 Å². The van der Waals surface area contributed by atoms with Crippen LogP contribution in [0, 0.1) is 0 Å². The van der Waals surface area contributed by atoms with Crippen molar-refractivity contribution in [3.05, 3.63) is 48.0 Å². The molecule has 0 saturated heterocycles. The van der Waals surface area contributed by atoms with Gasteiger partial charge in [0.15, 0.2) is 0 Å². The summed E-state index contributed by atoms with van der Waals surface area (Å²) in [5.41, 5.74) is 3.65. The van der Waals surface area contributed by atoms with Gasteiger partial charge in [-0.05, 0) is 18.1 Å². The third-order valence-corrected chi connectivity index (χ3v) is 2.42. The molecule has 15 heavy (non-hydrogen) atoms. The Kier molecular flexibility index (Phi) is 3.02. The minimum atomic E-state index is 0.789. The van der Waals surface area contributed by atoms with Gasteiger partial charge in [-0.2, -0.15) is 0 Å². The Hall–Kier alpha value is -1.77. The lowest BCUT2D eigenvalue weighted by molar-refractivity contribution is 1.05. The van der Waals surface area contributed by atoms with E-state index in [9.17, 15) is 0 Å². The monoisotopic (exact) mass is 201 g/mol. The van der Waals surface area contributed by atoms with E-state index in [0.29, 0.717) is 0 Å². The minimum Gasteiger partial charge on any atom is -0.379 e. The number of hydrogen-bond donors (Lipinski definition) is 2. The Bertz CT molecular complexity index is 407. The lowest BCUT2D eigenvalue weighted by atomic mass is 10.1. The SMILES string of the molecule is CCc1ccccc1NCc1cnc[nH]1. The van der Waals surface area contributed by atoms with Crippen LogP contribution >= 0.6 is 0 Å². The fourth-order valence-electron chi connectivity index (χ4n) is 1.57. The number of aromatic amines is 1. The predicted octanol–water partition coefficient (Wildman–Crippen LogP) is 2.58. The number of hydrogen-bond acceptors (Lipinski definition) is 2. The van der Waals surface area contributed by atoms with Crippen LogP contribution in [0.3, 0.4) is 0 Å². The lowest BCUT2D eigenvalue weighted by Gasteiger charge is -2.09. The number of para-hydroxylation sites is 1. The van der Waals surface area contributed by atoms with Gasteiger partial charge in [-0.25, -0.2) is 4.98 Å². The third kappa shape index (κ3) is 2.37. The molecule has 0 aliphatic carbocycles. The van der Waals surface area contributed by atoms with Gasteiger partial charge in [0.1, 0.15) is 0 Å². The highest BCUT2D eigenvalue weighted by Gasteiger charge is 1.99. The molecule has 1 heterocycles. The van der Waals surface area contributed by atoms with E-state index in [1.54, 1.807) is 6.33 Å². The van der Waals surface area contributed by atoms with E-state index in [0.717, 1.165) is 18.7 Å². The molecule has 0 amide bonds. The summed E-state index contributed by atoms with van der Waals surface area (Å²) < 4.78 is 0. The van der Waals surface area contributed by atoms with Gasteiger partial charge in [0.25, 0.3) is 0 Å². The van der Waals surface area contributed by atoms with E-state index in [4.69, 9.17) is 0 Å². The van der Waals surface area contributed by atoms with Crippen molar-refractivity contribution in [3.63, 3.8) is 0 Å². The first kappa shape index (κ1) is 9.77. The number of nitrogens with zero attached hydrogens (tertiary/aromatic N) is 1. The Labute approximate surface area is 89.6 Å². The summed E-state index contributed by atoms with van der Waals surface area (Å²) >= 11 is 0. The molecular formula is C12H15N3. The molecule has 0 saturated carbocycles.